The minimum atomic E-state index is -0.240. The van der Waals surface area contributed by atoms with E-state index in [1.54, 1.807) is 17.2 Å². The van der Waals surface area contributed by atoms with Gasteiger partial charge in [-0.25, -0.2) is 4.98 Å². The molecule has 1 aliphatic rings. The molecule has 138 valence electrons. The van der Waals surface area contributed by atoms with Gasteiger partial charge >= 0.3 is 5.97 Å². The first-order chi connectivity index (χ1) is 12.6. The maximum Gasteiger partial charge on any atom is 0.310 e. The lowest BCUT2D eigenvalue weighted by Crippen LogP contribution is -2.42. The van der Waals surface area contributed by atoms with Crippen LogP contribution in [0.25, 0.3) is 0 Å². The molecule has 0 aliphatic carbocycles. The molecule has 7 heteroatoms. The maximum atomic E-state index is 12.7. The van der Waals surface area contributed by atoms with E-state index in [1.165, 1.54) is 11.3 Å². The zero-order valence-corrected chi connectivity index (χ0v) is 15.8. The summed E-state index contributed by atoms with van der Waals surface area (Å²) in [5, 5.41) is 5.67. The SMILES string of the molecule is CCOC(=O)C1CCCN(C(=O)c2csc(Nc3cccc(C)c3)n2)C1. The van der Waals surface area contributed by atoms with Gasteiger partial charge in [0.15, 0.2) is 5.13 Å². The molecule has 1 atom stereocenters. The molecule has 2 aromatic rings. The lowest BCUT2D eigenvalue weighted by atomic mass is 9.98. The second-order valence-corrected chi connectivity index (χ2v) is 7.23. The molecule has 3 rings (SSSR count). The number of likely N-dealkylation sites (tertiary alicyclic amines) is 1. The van der Waals surface area contributed by atoms with Gasteiger partial charge in [-0.15, -0.1) is 11.3 Å². The van der Waals surface area contributed by atoms with E-state index in [2.05, 4.69) is 10.3 Å². The Morgan fingerprint density at radius 2 is 2.27 bits per heavy atom. The molecule has 1 N–H and O–H groups in total. The van der Waals surface area contributed by atoms with Gasteiger partial charge in [0.1, 0.15) is 5.69 Å². The molecule has 2 heterocycles. The van der Waals surface area contributed by atoms with Crippen molar-refractivity contribution in [1.29, 1.82) is 0 Å². The van der Waals surface area contributed by atoms with E-state index < -0.39 is 0 Å². The molecule has 1 saturated heterocycles. The van der Waals surface area contributed by atoms with Crippen LogP contribution in [0, 0.1) is 12.8 Å². The van der Waals surface area contributed by atoms with Crippen LogP contribution in [0.4, 0.5) is 10.8 Å². The normalized spacial score (nSPS) is 17.0. The lowest BCUT2D eigenvalue weighted by molar-refractivity contribution is -0.149. The highest BCUT2D eigenvalue weighted by molar-refractivity contribution is 7.14. The van der Waals surface area contributed by atoms with Crippen LogP contribution in [0.5, 0.6) is 0 Å². The predicted octanol–water partition coefficient (Wildman–Crippen LogP) is 3.61. The van der Waals surface area contributed by atoms with Crippen molar-refractivity contribution in [2.24, 2.45) is 5.92 Å². The van der Waals surface area contributed by atoms with Crippen molar-refractivity contribution >= 4 is 34.0 Å². The Hall–Kier alpha value is -2.41. The first kappa shape index (κ1) is 18.4. The summed E-state index contributed by atoms with van der Waals surface area (Å²) in [6.07, 6.45) is 1.56. The number of hydrogen-bond acceptors (Lipinski definition) is 6. The number of amides is 1. The number of aromatic nitrogens is 1. The first-order valence-electron chi connectivity index (χ1n) is 8.82. The second-order valence-electron chi connectivity index (χ2n) is 6.37. The molecule has 1 amide bonds. The molecule has 0 bridgehead atoms. The molecule has 0 radical (unpaired) electrons. The van der Waals surface area contributed by atoms with Gasteiger partial charge < -0.3 is 15.0 Å². The third-order valence-corrected chi connectivity index (χ3v) is 5.08. The number of carbonyl (C=O) groups excluding carboxylic acids is 2. The average molecular weight is 373 g/mol. The summed E-state index contributed by atoms with van der Waals surface area (Å²) >= 11 is 1.40. The number of rotatable bonds is 5. The maximum absolute atomic E-state index is 12.7. The summed E-state index contributed by atoms with van der Waals surface area (Å²) in [5.74, 6) is -0.589. The molecule has 1 fully saturated rings. The number of thiazole rings is 1. The zero-order chi connectivity index (χ0) is 18.5. The fourth-order valence-corrected chi connectivity index (χ4v) is 3.76. The number of aryl methyl sites for hydroxylation is 1. The van der Waals surface area contributed by atoms with Crippen LogP contribution in [0.15, 0.2) is 29.6 Å². The minimum Gasteiger partial charge on any atom is -0.466 e. The molecule has 0 spiro atoms. The van der Waals surface area contributed by atoms with Crippen molar-refractivity contribution in [2.75, 3.05) is 25.0 Å². The summed E-state index contributed by atoms with van der Waals surface area (Å²) < 4.78 is 5.09. The summed E-state index contributed by atoms with van der Waals surface area (Å²) in [7, 11) is 0. The number of anilines is 2. The Balaban J connectivity index is 1.65. The fraction of sp³-hybridized carbons (Fsp3) is 0.421. The van der Waals surface area contributed by atoms with E-state index in [0.29, 0.717) is 30.5 Å². The van der Waals surface area contributed by atoms with Crippen molar-refractivity contribution in [3.05, 3.63) is 40.9 Å². The molecular formula is C19H23N3O3S. The monoisotopic (exact) mass is 373 g/mol. The van der Waals surface area contributed by atoms with Crippen molar-refractivity contribution in [3.8, 4) is 0 Å². The van der Waals surface area contributed by atoms with Crippen molar-refractivity contribution in [2.45, 2.75) is 26.7 Å². The number of nitrogens with one attached hydrogen (secondary N) is 1. The fourth-order valence-electron chi connectivity index (χ4n) is 3.05. The van der Waals surface area contributed by atoms with E-state index in [1.807, 2.05) is 31.2 Å². The molecule has 6 nitrogen and oxygen atoms in total. The van der Waals surface area contributed by atoms with E-state index in [9.17, 15) is 9.59 Å². The van der Waals surface area contributed by atoms with Crippen LogP contribution in [-0.4, -0.2) is 41.5 Å². The molecular weight excluding hydrogens is 350 g/mol. The Morgan fingerprint density at radius 3 is 3.04 bits per heavy atom. The molecule has 26 heavy (non-hydrogen) atoms. The summed E-state index contributed by atoms with van der Waals surface area (Å²) in [6.45, 7) is 5.23. The Morgan fingerprint density at radius 1 is 1.42 bits per heavy atom. The number of piperidine rings is 1. The smallest absolute Gasteiger partial charge is 0.310 e. The second kappa shape index (κ2) is 8.31. The standard InChI is InChI=1S/C19H23N3O3S/c1-3-25-18(24)14-7-5-9-22(11-14)17(23)16-12-26-19(21-16)20-15-8-4-6-13(2)10-15/h4,6,8,10,12,14H,3,5,7,9,11H2,1-2H3,(H,20,21). The van der Waals surface area contributed by atoms with Crippen LogP contribution in [0.1, 0.15) is 35.8 Å². The number of carbonyl (C=O) groups is 2. The van der Waals surface area contributed by atoms with Gasteiger partial charge in [0.05, 0.1) is 12.5 Å². The first-order valence-corrected chi connectivity index (χ1v) is 9.70. The third-order valence-electron chi connectivity index (χ3n) is 4.32. The molecule has 1 aromatic heterocycles. The molecule has 1 unspecified atom stereocenters. The van der Waals surface area contributed by atoms with Crippen LogP contribution >= 0.6 is 11.3 Å². The Kier molecular flexibility index (Phi) is 5.88. The van der Waals surface area contributed by atoms with Gasteiger partial charge in [0.25, 0.3) is 5.91 Å². The molecule has 0 saturated carbocycles. The summed E-state index contributed by atoms with van der Waals surface area (Å²) in [4.78, 5) is 30.8. The molecule has 1 aliphatic heterocycles. The predicted molar refractivity (Wildman–Crippen MR) is 102 cm³/mol. The third kappa shape index (κ3) is 4.40. The van der Waals surface area contributed by atoms with Crippen molar-refractivity contribution in [3.63, 3.8) is 0 Å². The highest BCUT2D eigenvalue weighted by Gasteiger charge is 2.30. The summed E-state index contributed by atoms with van der Waals surface area (Å²) in [6, 6.07) is 7.99. The highest BCUT2D eigenvalue weighted by atomic mass is 32.1. The number of esters is 1. The van der Waals surface area contributed by atoms with Gasteiger partial charge in [-0.3, -0.25) is 9.59 Å². The van der Waals surface area contributed by atoms with Crippen LogP contribution < -0.4 is 5.32 Å². The highest BCUT2D eigenvalue weighted by Crippen LogP contribution is 2.24. The van der Waals surface area contributed by atoms with Gasteiger partial charge in [0, 0.05) is 24.2 Å². The topological polar surface area (TPSA) is 71.5 Å². The van der Waals surface area contributed by atoms with Gasteiger partial charge in [-0.2, -0.15) is 0 Å². The van der Waals surface area contributed by atoms with E-state index in [-0.39, 0.29) is 17.8 Å². The summed E-state index contributed by atoms with van der Waals surface area (Å²) in [5.41, 5.74) is 2.51. The zero-order valence-electron chi connectivity index (χ0n) is 15.0. The van der Waals surface area contributed by atoms with Crippen LogP contribution in [-0.2, 0) is 9.53 Å². The van der Waals surface area contributed by atoms with Crippen molar-refractivity contribution in [1.82, 2.24) is 9.88 Å². The average Bonchev–Trinajstić information content (AvgIpc) is 3.10. The van der Waals surface area contributed by atoms with Gasteiger partial charge in [-0.05, 0) is 44.4 Å². The van der Waals surface area contributed by atoms with Crippen molar-refractivity contribution < 1.29 is 14.3 Å². The van der Waals surface area contributed by atoms with E-state index in [4.69, 9.17) is 4.74 Å². The number of nitrogens with zero attached hydrogens (tertiary/aromatic N) is 2. The number of ether oxygens (including phenoxy) is 1. The van der Waals surface area contributed by atoms with Crippen LogP contribution in [0.3, 0.4) is 0 Å². The molecule has 1 aromatic carbocycles. The lowest BCUT2D eigenvalue weighted by Gasteiger charge is -2.31. The van der Waals surface area contributed by atoms with E-state index >= 15 is 0 Å². The van der Waals surface area contributed by atoms with E-state index in [0.717, 1.165) is 24.1 Å². The quantitative estimate of drug-likeness (QED) is 0.811. The van der Waals surface area contributed by atoms with Crippen LogP contribution in [0.2, 0.25) is 0 Å². The number of benzene rings is 1. The minimum absolute atomic E-state index is 0.132. The Bertz CT molecular complexity index is 790. The number of hydrogen-bond donors (Lipinski definition) is 1. The van der Waals surface area contributed by atoms with Gasteiger partial charge in [-0.1, -0.05) is 12.1 Å². The van der Waals surface area contributed by atoms with Gasteiger partial charge in [0.2, 0.25) is 0 Å². The Labute approximate surface area is 157 Å². The largest absolute Gasteiger partial charge is 0.466 e.